The number of hydrogen-bond donors (Lipinski definition) is 1. The Kier molecular flexibility index (Phi) is 4.58. The summed E-state index contributed by atoms with van der Waals surface area (Å²) in [6, 6.07) is 14.5. The van der Waals surface area contributed by atoms with Crippen molar-refractivity contribution >= 4 is 22.7 Å². The van der Waals surface area contributed by atoms with Gasteiger partial charge in [-0.2, -0.15) is 0 Å². The van der Waals surface area contributed by atoms with Crippen LogP contribution < -0.4 is 0 Å². The number of para-hydroxylation sites is 1. The van der Waals surface area contributed by atoms with Crippen molar-refractivity contribution in [2.75, 3.05) is 5.75 Å². The Morgan fingerprint density at radius 1 is 1.08 bits per heavy atom. The molecule has 124 valence electrons. The highest BCUT2D eigenvalue weighted by atomic mass is 32.2. The van der Waals surface area contributed by atoms with Crippen molar-refractivity contribution in [2.45, 2.75) is 43.4 Å². The minimum absolute atomic E-state index is 0.376. The number of hydrogen-bond acceptors (Lipinski definition) is 3. The summed E-state index contributed by atoms with van der Waals surface area (Å²) < 4.78 is 2.35. The lowest BCUT2D eigenvalue weighted by molar-refractivity contribution is 0.178. The first kappa shape index (κ1) is 15.7. The zero-order valence-corrected chi connectivity index (χ0v) is 14.5. The quantitative estimate of drug-likeness (QED) is 0.713. The van der Waals surface area contributed by atoms with Crippen molar-refractivity contribution in [3.05, 3.63) is 59.9 Å². The second-order valence-electron chi connectivity index (χ2n) is 6.39. The maximum absolute atomic E-state index is 10.6. The van der Waals surface area contributed by atoms with Crippen molar-refractivity contribution in [3.63, 3.8) is 0 Å². The molecule has 1 aromatic carbocycles. The molecule has 2 heterocycles. The van der Waals surface area contributed by atoms with E-state index in [1.54, 1.807) is 18.0 Å². The molecule has 1 aliphatic carbocycles. The van der Waals surface area contributed by atoms with E-state index in [1.165, 1.54) is 41.4 Å². The number of aliphatic hydroxyl groups is 1. The van der Waals surface area contributed by atoms with Gasteiger partial charge in [0.25, 0.3) is 0 Å². The molecule has 0 spiro atoms. The third-order valence-electron chi connectivity index (χ3n) is 4.74. The molecule has 0 radical (unpaired) electrons. The van der Waals surface area contributed by atoms with E-state index in [0.717, 1.165) is 11.4 Å². The van der Waals surface area contributed by atoms with Crippen molar-refractivity contribution < 1.29 is 5.11 Å². The molecule has 1 unspecified atom stereocenters. The lowest BCUT2D eigenvalue weighted by Crippen LogP contribution is -2.21. The first-order chi connectivity index (χ1) is 11.8. The van der Waals surface area contributed by atoms with Gasteiger partial charge in [-0.05, 0) is 49.4 Å². The van der Waals surface area contributed by atoms with Crippen LogP contribution in [0.5, 0.6) is 0 Å². The van der Waals surface area contributed by atoms with Crippen LogP contribution in [0, 0.1) is 0 Å². The van der Waals surface area contributed by atoms with E-state index in [9.17, 15) is 5.11 Å². The minimum atomic E-state index is -0.376. The van der Waals surface area contributed by atoms with E-state index in [1.807, 2.05) is 18.2 Å². The fourth-order valence-corrected chi connectivity index (χ4v) is 4.45. The Balaban J connectivity index is 1.55. The monoisotopic (exact) mass is 338 g/mol. The van der Waals surface area contributed by atoms with Crippen LogP contribution in [0.4, 0.5) is 0 Å². The predicted octanol–water partition coefficient (Wildman–Crippen LogP) is 4.07. The zero-order chi connectivity index (χ0) is 16.4. The van der Waals surface area contributed by atoms with Crippen molar-refractivity contribution in [1.29, 1.82) is 0 Å². The third-order valence-corrected chi connectivity index (χ3v) is 5.83. The summed E-state index contributed by atoms with van der Waals surface area (Å²) in [6.45, 7) is 0.662. The number of pyridine rings is 1. The van der Waals surface area contributed by atoms with E-state index >= 15 is 0 Å². The summed E-state index contributed by atoms with van der Waals surface area (Å²) in [5.74, 6) is 0.665. The Morgan fingerprint density at radius 2 is 1.92 bits per heavy atom. The number of nitrogens with zero attached hydrogens (tertiary/aromatic N) is 2. The summed E-state index contributed by atoms with van der Waals surface area (Å²) in [5.41, 5.74) is 4.21. The molecule has 4 heteroatoms. The third kappa shape index (κ3) is 3.08. The van der Waals surface area contributed by atoms with Crippen LogP contribution in [-0.2, 0) is 19.4 Å². The maximum atomic E-state index is 10.6. The molecule has 4 rings (SSSR count). The molecule has 0 fully saturated rings. The average molecular weight is 338 g/mol. The summed E-state index contributed by atoms with van der Waals surface area (Å²) >= 11 is 1.62. The van der Waals surface area contributed by atoms with Gasteiger partial charge in [-0.1, -0.05) is 24.3 Å². The van der Waals surface area contributed by atoms with Gasteiger partial charge in [-0.25, -0.2) is 4.98 Å². The number of aliphatic hydroxyl groups excluding tert-OH is 1. The van der Waals surface area contributed by atoms with Crippen LogP contribution in [0.25, 0.3) is 10.9 Å². The van der Waals surface area contributed by atoms with Crippen LogP contribution in [0.1, 0.15) is 24.1 Å². The fourth-order valence-electron chi connectivity index (χ4n) is 3.67. The standard InChI is InChI=1S/C20H22N2OS/c23-15(14-24-20-11-5-6-12-21-20)13-22-18-9-3-1-7-16(18)17-8-2-4-10-19(17)22/h1,3,5-7,9,11-12,15,23H,2,4,8,10,13-14H2. The highest BCUT2D eigenvalue weighted by molar-refractivity contribution is 7.99. The highest BCUT2D eigenvalue weighted by Gasteiger charge is 2.21. The van der Waals surface area contributed by atoms with Crippen LogP contribution in [-0.4, -0.2) is 26.5 Å². The van der Waals surface area contributed by atoms with E-state index in [-0.39, 0.29) is 6.10 Å². The average Bonchev–Trinajstić information content (AvgIpc) is 2.95. The topological polar surface area (TPSA) is 38.1 Å². The molecule has 0 bridgehead atoms. The van der Waals surface area contributed by atoms with E-state index in [0.29, 0.717) is 12.3 Å². The minimum Gasteiger partial charge on any atom is -0.390 e. The molecule has 2 aromatic heterocycles. The van der Waals surface area contributed by atoms with Gasteiger partial charge in [0.2, 0.25) is 0 Å². The Morgan fingerprint density at radius 3 is 2.79 bits per heavy atom. The van der Waals surface area contributed by atoms with Gasteiger partial charge in [-0.3, -0.25) is 0 Å². The Hall–Kier alpha value is -1.78. The zero-order valence-electron chi connectivity index (χ0n) is 13.7. The molecule has 0 saturated carbocycles. The molecule has 24 heavy (non-hydrogen) atoms. The van der Waals surface area contributed by atoms with Gasteiger partial charge < -0.3 is 9.67 Å². The Labute approximate surface area is 146 Å². The number of aromatic nitrogens is 2. The Bertz CT molecular complexity index is 828. The number of thioether (sulfide) groups is 1. The summed E-state index contributed by atoms with van der Waals surface area (Å²) in [4.78, 5) is 4.31. The number of aryl methyl sites for hydroxylation is 1. The molecular weight excluding hydrogens is 316 g/mol. The van der Waals surface area contributed by atoms with Crippen molar-refractivity contribution in [3.8, 4) is 0 Å². The molecule has 3 aromatic rings. The molecular formula is C20H22N2OS. The normalized spacial score (nSPS) is 15.4. The van der Waals surface area contributed by atoms with Gasteiger partial charge in [0.1, 0.15) is 0 Å². The molecule has 3 nitrogen and oxygen atoms in total. The maximum Gasteiger partial charge on any atom is 0.0960 e. The number of benzene rings is 1. The molecule has 0 aliphatic heterocycles. The first-order valence-electron chi connectivity index (χ1n) is 8.64. The molecule has 0 saturated heterocycles. The second-order valence-corrected chi connectivity index (χ2v) is 7.43. The molecule has 1 atom stereocenters. The predicted molar refractivity (Wildman–Crippen MR) is 99.5 cm³/mol. The molecule has 1 aliphatic rings. The van der Waals surface area contributed by atoms with Crippen LogP contribution >= 0.6 is 11.8 Å². The highest BCUT2D eigenvalue weighted by Crippen LogP contribution is 2.32. The summed E-state index contributed by atoms with van der Waals surface area (Å²) in [5, 5.41) is 12.9. The fraction of sp³-hybridized carbons (Fsp3) is 0.350. The molecule has 0 amide bonds. The number of fused-ring (bicyclic) bond motifs is 3. The lowest BCUT2D eigenvalue weighted by atomic mass is 9.95. The smallest absolute Gasteiger partial charge is 0.0960 e. The van der Waals surface area contributed by atoms with Gasteiger partial charge >= 0.3 is 0 Å². The van der Waals surface area contributed by atoms with Crippen LogP contribution in [0.3, 0.4) is 0 Å². The van der Waals surface area contributed by atoms with Gasteiger partial charge in [0.05, 0.1) is 11.1 Å². The van der Waals surface area contributed by atoms with Crippen LogP contribution in [0.15, 0.2) is 53.7 Å². The second kappa shape index (κ2) is 6.99. The SMILES string of the molecule is OC(CSc1ccccn1)Cn1c2c(c3ccccc31)CCCC2. The van der Waals surface area contributed by atoms with Crippen molar-refractivity contribution in [1.82, 2.24) is 9.55 Å². The van der Waals surface area contributed by atoms with Crippen LogP contribution in [0.2, 0.25) is 0 Å². The summed E-state index contributed by atoms with van der Waals surface area (Å²) in [7, 11) is 0. The van der Waals surface area contributed by atoms with Crippen molar-refractivity contribution in [2.24, 2.45) is 0 Å². The number of rotatable bonds is 5. The van der Waals surface area contributed by atoms with E-state index in [2.05, 4.69) is 33.8 Å². The molecule has 1 N–H and O–H groups in total. The largest absolute Gasteiger partial charge is 0.390 e. The van der Waals surface area contributed by atoms with E-state index < -0.39 is 0 Å². The van der Waals surface area contributed by atoms with Gasteiger partial charge in [-0.15, -0.1) is 11.8 Å². The van der Waals surface area contributed by atoms with E-state index in [4.69, 9.17) is 0 Å². The van der Waals surface area contributed by atoms with Gasteiger partial charge in [0, 0.05) is 35.1 Å². The first-order valence-corrected chi connectivity index (χ1v) is 9.62. The summed E-state index contributed by atoms with van der Waals surface area (Å²) in [6.07, 6.45) is 6.25. The lowest BCUT2D eigenvalue weighted by Gasteiger charge is -2.18. The van der Waals surface area contributed by atoms with Gasteiger partial charge in [0.15, 0.2) is 0 Å².